The molecule has 0 unspecified atom stereocenters. The van der Waals surface area contributed by atoms with Gasteiger partial charge in [-0.15, -0.1) is 0 Å². The number of carbonyl (C=O) groups is 1. The molecule has 0 aliphatic rings. The maximum Gasteiger partial charge on any atom is 0.248 e. The number of anilines is 1. The van der Waals surface area contributed by atoms with E-state index in [-0.39, 0.29) is 5.91 Å². The maximum atomic E-state index is 11.8. The second kappa shape index (κ2) is 6.45. The number of aromatic nitrogens is 4. The Kier molecular flexibility index (Phi) is 4.01. The molecule has 1 amide bonds. The van der Waals surface area contributed by atoms with E-state index in [0.717, 1.165) is 5.56 Å². The molecule has 2 heterocycles. The highest BCUT2D eigenvalue weighted by atomic mass is 16.1. The fourth-order valence-corrected chi connectivity index (χ4v) is 1.84. The van der Waals surface area contributed by atoms with Gasteiger partial charge in [0.15, 0.2) is 5.82 Å². The fraction of sp³-hybridized carbons (Fsp3) is 0. The lowest BCUT2D eigenvalue weighted by Gasteiger charge is -2.03. The van der Waals surface area contributed by atoms with Crippen LogP contribution in [0.3, 0.4) is 0 Å². The highest BCUT2D eigenvalue weighted by Gasteiger charge is 2.01. The predicted octanol–water partition coefficient (Wildman–Crippen LogP) is 2.31. The van der Waals surface area contributed by atoms with E-state index >= 15 is 0 Å². The number of hydrogen-bond donors (Lipinski definition) is 1. The van der Waals surface area contributed by atoms with Crippen molar-refractivity contribution < 1.29 is 4.79 Å². The summed E-state index contributed by atoms with van der Waals surface area (Å²) in [7, 11) is 0. The van der Waals surface area contributed by atoms with Crippen LogP contribution in [0.2, 0.25) is 0 Å². The van der Waals surface area contributed by atoms with E-state index in [0.29, 0.717) is 11.5 Å². The molecule has 6 heteroatoms. The van der Waals surface area contributed by atoms with Crippen LogP contribution in [0.5, 0.6) is 0 Å². The number of rotatable bonds is 4. The van der Waals surface area contributed by atoms with E-state index in [9.17, 15) is 4.79 Å². The third-order valence-corrected chi connectivity index (χ3v) is 2.90. The fourth-order valence-electron chi connectivity index (χ4n) is 1.84. The second-order valence-corrected chi connectivity index (χ2v) is 4.48. The molecule has 108 valence electrons. The van der Waals surface area contributed by atoms with Crippen LogP contribution in [0.25, 0.3) is 11.9 Å². The topological polar surface area (TPSA) is 72.7 Å². The maximum absolute atomic E-state index is 11.8. The Hall–Kier alpha value is -3.28. The van der Waals surface area contributed by atoms with Crippen LogP contribution < -0.4 is 5.32 Å². The molecular weight excluding hydrogens is 278 g/mol. The van der Waals surface area contributed by atoms with Gasteiger partial charge in [0.25, 0.3) is 0 Å². The number of nitrogens with one attached hydrogen (secondary N) is 1. The van der Waals surface area contributed by atoms with Crippen LogP contribution in [-0.4, -0.2) is 25.7 Å². The summed E-state index contributed by atoms with van der Waals surface area (Å²) in [5.74, 6) is 0.425. The first-order chi connectivity index (χ1) is 10.8. The van der Waals surface area contributed by atoms with Crippen molar-refractivity contribution in [2.75, 3.05) is 5.32 Å². The average molecular weight is 291 g/mol. The van der Waals surface area contributed by atoms with Crippen LogP contribution >= 0.6 is 0 Å². The molecule has 0 bridgehead atoms. The molecule has 0 aliphatic carbocycles. The third-order valence-electron chi connectivity index (χ3n) is 2.90. The largest absolute Gasteiger partial charge is 0.321 e. The lowest BCUT2D eigenvalue weighted by atomic mass is 10.2. The lowest BCUT2D eigenvalue weighted by Crippen LogP contribution is -2.08. The second-order valence-electron chi connectivity index (χ2n) is 4.48. The van der Waals surface area contributed by atoms with Crippen molar-refractivity contribution in [3.05, 3.63) is 73.0 Å². The Morgan fingerprint density at radius 3 is 2.68 bits per heavy atom. The number of amides is 1. The van der Waals surface area contributed by atoms with E-state index < -0.39 is 0 Å². The number of pyridine rings is 1. The first-order valence-electron chi connectivity index (χ1n) is 6.66. The molecule has 3 aromatic rings. The Morgan fingerprint density at radius 1 is 1.14 bits per heavy atom. The summed E-state index contributed by atoms with van der Waals surface area (Å²) in [6.45, 7) is 0. The van der Waals surface area contributed by atoms with Crippen molar-refractivity contribution in [2.45, 2.75) is 0 Å². The molecule has 0 saturated carbocycles. The van der Waals surface area contributed by atoms with Gasteiger partial charge in [0.05, 0.1) is 11.9 Å². The molecule has 0 radical (unpaired) electrons. The zero-order valence-corrected chi connectivity index (χ0v) is 11.6. The van der Waals surface area contributed by atoms with Gasteiger partial charge in [-0.3, -0.25) is 4.79 Å². The first-order valence-corrected chi connectivity index (χ1v) is 6.66. The van der Waals surface area contributed by atoms with Crippen LogP contribution in [0, 0.1) is 0 Å². The summed E-state index contributed by atoms with van der Waals surface area (Å²) in [6, 6.07) is 13.1. The van der Waals surface area contributed by atoms with Crippen LogP contribution in [0.15, 0.2) is 67.4 Å². The molecule has 6 nitrogen and oxygen atoms in total. The highest BCUT2D eigenvalue weighted by molar-refractivity contribution is 6.01. The summed E-state index contributed by atoms with van der Waals surface area (Å²) < 4.78 is 1.54. The molecule has 0 aliphatic heterocycles. The first kappa shape index (κ1) is 13.7. The van der Waals surface area contributed by atoms with E-state index in [2.05, 4.69) is 20.4 Å². The van der Waals surface area contributed by atoms with Gasteiger partial charge in [-0.1, -0.05) is 30.3 Å². The van der Waals surface area contributed by atoms with Gasteiger partial charge in [0, 0.05) is 6.08 Å². The van der Waals surface area contributed by atoms with Gasteiger partial charge in [0.1, 0.15) is 12.7 Å². The summed E-state index contributed by atoms with van der Waals surface area (Å²) in [6.07, 6.45) is 7.81. The molecular formula is C16H13N5O. The van der Waals surface area contributed by atoms with Crippen molar-refractivity contribution in [1.29, 1.82) is 0 Å². The third kappa shape index (κ3) is 3.43. The van der Waals surface area contributed by atoms with Crippen molar-refractivity contribution in [2.24, 2.45) is 0 Å². The molecule has 0 fully saturated rings. The minimum Gasteiger partial charge on any atom is -0.321 e. The zero-order chi connectivity index (χ0) is 15.2. The minimum absolute atomic E-state index is 0.209. The Balaban J connectivity index is 1.63. The molecule has 2 aromatic heterocycles. The number of hydrogen-bond acceptors (Lipinski definition) is 4. The Bertz CT molecular complexity index is 764. The van der Waals surface area contributed by atoms with Crippen molar-refractivity contribution in [1.82, 2.24) is 19.7 Å². The number of benzene rings is 1. The van der Waals surface area contributed by atoms with Gasteiger partial charge in [-0.25, -0.2) is 14.6 Å². The summed E-state index contributed by atoms with van der Waals surface area (Å²) in [5.41, 5.74) is 1.59. The van der Waals surface area contributed by atoms with Crippen LogP contribution in [0.4, 0.5) is 5.69 Å². The molecule has 1 aromatic carbocycles. The van der Waals surface area contributed by atoms with Crippen molar-refractivity contribution in [3.8, 4) is 5.82 Å². The smallest absolute Gasteiger partial charge is 0.248 e. The zero-order valence-electron chi connectivity index (χ0n) is 11.6. The molecule has 3 rings (SSSR count). The molecule has 0 saturated heterocycles. The van der Waals surface area contributed by atoms with Gasteiger partial charge >= 0.3 is 0 Å². The predicted molar refractivity (Wildman–Crippen MR) is 83.3 cm³/mol. The Labute approximate surface area is 127 Å². The van der Waals surface area contributed by atoms with Crippen molar-refractivity contribution in [3.63, 3.8) is 0 Å². The highest BCUT2D eigenvalue weighted by Crippen LogP contribution is 2.09. The van der Waals surface area contributed by atoms with Gasteiger partial charge in [-0.05, 0) is 23.8 Å². The van der Waals surface area contributed by atoms with Crippen LogP contribution in [0.1, 0.15) is 5.56 Å². The number of nitrogens with zero attached hydrogens (tertiary/aromatic N) is 4. The van der Waals surface area contributed by atoms with Gasteiger partial charge in [-0.2, -0.15) is 5.10 Å². The van der Waals surface area contributed by atoms with E-state index in [1.54, 1.807) is 35.4 Å². The molecule has 0 spiro atoms. The van der Waals surface area contributed by atoms with Crippen LogP contribution in [-0.2, 0) is 4.79 Å². The lowest BCUT2D eigenvalue weighted by molar-refractivity contribution is -0.111. The van der Waals surface area contributed by atoms with E-state index in [1.807, 2.05) is 30.3 Å². The standard InChI is InChI=1S/C16H13N5O/c22-16(9-6-13-4-2-1-3-5-13)20-14-7-8-15(18-10-14)21-12-17-11-19-21/h1-12H,(H,20,22). The van der Waals surface area contributed by atoms with Gasteiger partial charge < -0.3 is 5.32 Å². The summed E-state index contributed by atoms with van der Waals surface area (Å²) in [4.78, 5) is 19.9. The SMILES string of the molecule is O=C(C=Cc1ccccc1)Nc1ccc(-n2cncn2)nc1. The monoisotopic (exact) mass is 291 g/mol. The van der Waals surface area contributed by atoms with E-state index in [1.165, 1.54) is 12.4 Å². The molecule has 1 N–H and O–H groups in total. The number of carbonyl (C=O) groups excluding carboxylic acids is 1. The average Bonchev–Trinajstić information content (AvgIpc) is 3.09. The summed E-state index contributed by atoms with van der Waals surface area (Å²) in [5, 5.41) is 6.74. The Morgan fingerprint density at radius 2 is 2.00 bits per heavy atom. The minimum atomic E-state index is -0.209. The van der Waals surface area contributed by atoms with E-state index in [4.69, 9.17) is 0 Å². The quantitative estimate of drug-likeness (QED) is 0.749. The molecule has 0 atom stereocenters. The van der Waals surface area contributed by atoms with Gasteiger partial charge in [0.2, 0.25) is 5.91 Å². The normalized spacial score (nSPS) is 10.7. The summed E-state index contributed by atoms with van der Waals surface area (Å²) >= 11 is 0. The molecule has 22 heavy (non-hydrogen) atoms. The van der Waals surface area contributed by atoms with Crippen molar-refractivity contribution >= 4 is 17.7 Å².